The van der Waals surface area contributed by atoms with Crippen LogP contribution in [0.15, 0.2) is 24.3 Å². The van der Waals surface area contributed by atoms with Crippen LogP contribution in [0.4, 0.5) is 0 Å². The fourth-order valence-corrected chi connectivity index (χ4v) is 3.22. The molecule has 0 radical (unpaired) electrons. The van der Waals surface area contributed by atoms with Gasteiger partial charge in [0.25, 0.3) is 5.91 Å². The largest absolute Gasteiger partial charge is 0.387 e. The highest BCUT2D eigenvalue weighted by molar-refractivity contribution is 6.02. The van der Waals surface area contributed by atoms with Crippen LogP contribution in [0.2, 0.25) is 0 Å². The predicted molar refractivity (Wildman–Crippen MR) is 71.4 cm³/mol. The van der Waals surface area contributed by atoms with Crippen LogP contribution in [0.3, 0.4) is 0 Å². The van der Waals surface area contributed by atoms with E-state index < -0.39 is 41.0 Å². The number of hydrogen-bond acceptors (Lipinski definition) is 6. The molecule has 116 valence electrons. The predicted octanol–water partition coefficient (Wildman–Crippen LogP) is -0.862. The Morgan fingerprint density at radius 3 is 2.48 bits per heavy atom. The summed E-state index contributed by atoms with van der Waals surface area (Å²) in [4.78, 5) is 29.4. The summed E-state index contributed by atoms with van der Waals surface area (Å²) < 4.78 is 0. The van der Waals surface area contributed by atoms with Crippen LogP contribution in [0, 0.1) is 11.3 Å². The molecule has 0 saturated carbocycles. The lowest BCUT2D eigenvalue weighted by atomic mass is 9.63. The molecule has 3 N–H and O–H groups in total. The van der Waals surface area contributed by atoms with Gasteiger partial charge in [0.05, 0.1) is 7.11 Å². The number of rotatable bonds is 2. The fraction of sp³-hybridized carbons (Fsp3) is 0.571. The van der Waals surface area contributed by atoms with E-state index in [4.69, 9.17) is 4.84 Å². The number of amides is 1. The zero-order valence-corrected chi connectivity index (χ0v) is 12.1. The lowest BCUT2D eigenvalue weighted by molar-refractivity contribution is -0.263. The van der Waals surface area contributed by atoms with Crippen molar-refractivity contribution in [3.05, 3.63) is 24.3 Å². The average molecular weight is 297 g/mol. The first-order chi connectivity index (χ1) is 9.76. The van der Waals surface area contributed by atoms with Crippen molar-refractivity contribution in [3.8, 4) is 0 Å². The first-order valence-electron chi connectivity index (χ1n) is 6.58. The van der Waals surface area contributed by atoms with Crippen molar-refractivity contribution >= 4 is 11.7 Å². The third kappa shape index (κ3) is 1.82. The molecule has 0 bridgehead atoms. The minimum atomic E-state index is -2.06. The summed E-state index contributed by atoms with van der Waals surface area (Å²) in [6, 6.07) is 0. The van der Waals surface area contributed by atoms with E-state index in [1.807, 2.05) is 0 Å². The van der Waals surface area contributed by atoms with Gasteiger partial charge in [0.15, 0.2) is 11.5 Å². The van der Waals surface area contributed by atoms with Gasteiger partial charge in [0.2, 0.25) is 0 Å². The van der Waals surface area contributed by atoms with Crippen LogP contribution in [0.25, 0.3) is 0 Å². The molecule has 0 aromatic rings. The van der Waals surface area contributed by atoms with E-state index in [0.717, 1.165) is 7.11 Å². The van der Waals surface area contributed by atoms with Crippen molar-refractivity contribution in [3.63, 3.8) is 0 Å². The number of hydroxylamine groups is 2. The van der Waals surface area contributed by atoms with Crippen LogP contribution >= 0.6 is 0 Å². The Kier molecular flexibility index (Phi) is 3.79. The normalized spacial score (nSPS) is 43.5. The fourth-order valence-electron chi connectivity index (χ4n) is 3.22. The SMILES string of the molecule is CC=CC1C=CC(=O)C(O)C12C(=O)N(OC)C(C)(O)C2O. The highest BCUT2D eigenvalue weighted by Gasteiger charge is 2.72. The lowest BCUT2D eigenvalue weighted by Gasteiger charge is -2.40. The molecule has 2 rings (SSSR count). The van der Waals surface area contributed by atoms with Gasteiger partial charge in [-0.15, -0.1) is 0 Å². The van der Waals surface area contributed by atoms with E-state index in [-0.39, 0.29) is 0 Å². The zero-order chi connectivity index (χ0) is 16.0. The third-order valence-electron chi connectivity index (χ3n) is 4.26. The summed E-state index contributed by atoms with van der Waals surface area (Å²) in [5.41, 5.74) is -3.96. The van der Waals surface area contributed by atoms with E-state index in [9.17, 15) is 24.9 Å². The van der Waals surface area contributed by atoms with Crippen molar-refractivity contribution < 1.29 is 29.7 Å². The van der Waals surface area contributed by atoms with Gasteiger partial charge in [0.1, 0.15) is 17.6 Å². The Balaban J connectivity index is 2.68. The van der Waals surface area contributed by atoms with Crippen LogP contribution in [0.5, 0.6) is 0 Å². The number of carbonyl (C=O) groups excluding carboxylic acids is 2. The maximum atomic E-state index is 12.7. The molecule has 1 saturated heterocycles. The van der Waals surface area contributed by atoms with Crippen molar-refractivity contribution in [2.24, 2.45) is 11.3 Å². The third-order valence-corrected chi connectivity index (χ3v) is 4.26. The van der Waals surface area contributed by atoms with Crippen LogP contribution < -0.4 is 0 Å². The lowest BCUT2D eigenvalue weighted by Crippen LogP contribution is -2.58. The maximum Gasteiger partial charge on any atom is 0.262 e. The second-order valence-electron chi connectivity index (χ2n) is 5.43. The van der Waals surface area contributed by atoms with Crippen LogP contribution in [-0.4, -0.2) is 57.1 Å². The average Bonchev–Trinajstić information content (AvgIpc) is 2.57. The highest BCUT2D eigenvalue weighted by Crippen LogP contribution is 2.51. The second kappa shape index (κ2) is 5.03. The van der Waals surface area contributed by atoms with Gasteiger partial charge in [-0.3, -0.25) is 14.4 Å². The molecule has 7 heteroatoms. The van der Waals surface area contributed by atoms with Crippen molar-refractivity contribution in [2.75, 3.05) is 7.11 Å². The van der Waals surface area contributed by atoms with Gasteiger partial charge in [-0.25, -0.2) is 0 Å². The van der Waals surface area contributed by atoms with Gasteiger partial charge < -0.3 is 15.3 Å². The monoisotopic (exact) mass is 297 g/mol. The Bertz CT molecular complexity index is 526. The van der Waals surface area contributed by atoms with Gasteiger partial charge in [0, 0.05) is 5.92 Å². The van der Waals surface area contributed by atoms with E-state index in [0.29, 0.717) is 5.06 Å². The van der Waals surface area contributed by atoms with Gasteiger partial charge in [-0.2, -0.15) is 5.06 Å². The standard InChI is InChI=1S/C14H19NO6/c1-4-5-8-6-7-9(16)10(17)14(8)11(18)13(2,20)15(21-3)12(14)19/h4-8,10-11,17-18,20H,1-3H3. The van der Waals surface area contributed by atoms with Gasteiger partial charge in [-0.05, 0) is 19.9 Å². The second-order valence-corrected chi connectivity index (χ2v) is 5.43. The number of allylic oxidation sites excluding steroid dienone is 3. The number of carbonyl (C=O) groups is 2. The number of hydrogen-bond donors (Lipinski definition) is 3. The Hall–Kier alpha value is -1.54. The van der Waals surface area contributed by atoms with Crippen molar-refractivity contribution in [2.45, 2.75) is 31.8 Å². The molecule has 1 aliphatic carbocycles. The van der Waals surface area contributed by atoms with Crippen molar-refractivity contribution in [1.29, 1.82) is 0 Å². The topological polar surface area (TPSA) is 107 Å². The first-order valence-corrected chi connectivity index (χ1v) is 6.58. The Labute approximate surface area is 122 Å². The summed E-state index contributed by atoms with van der Waals surface area (Å²) in [6.45, 7) is 2.90. The Morgan fingerprint density at radius 1 is 1.38 bits per heavy atom. The van der Waals surface area contributed by atoms with E-state index in [1.165, 1.54) is 19.1 Å². The molecule has 2 aliphatic rings. The minimum absolute atomic E-state index is 0.601. The van der Waals surface area contributed by atoms with E-state index in [1.54, 1.807) is 19.1 Å². The summed E-state index contributed by atoms with van der Waals surface area (Å²) in [5, 5.41) is 31.8. The van der Waals surface area contributed by atoms with E-state index in [2.05, 4.69) is 0 Å². The van der Waals surface area contributed by atoms with Crippen LogP contribution in [-0.2, 0) is 14.4 Å². The first kappa shape index (κ1) is 15.8. The Morgan fingerprint density at radius 2 is 2.00 bits per heavy atom. The van der Waals surface area contributed by atoms with Gasteiger partial charge in [-0.1, -0.05) is 18.2 Å². The molecular formula is C14H19NO6. The molecule has 5 atom stereocenters. The smallest absolute Gasteiger partial charge is 0.262 e. The summed E-state index contributed by atoms with van der Waals surface area (Å²) >= 11 is 0. The quantitative estimate of drug-likeness (QED) is 0.572. The van der Waals surface area contributed by atoms with Gasteiger partial charge >= 0.3 is 0 Å². The molecule has 0 aromatic heterocycles. The molecular weight excluding hydrogens is 278 g/mol. The summed E-state index contributed by atoms with van der Waals surface area (Å²) in [6.07, 6.45) is 2.36. The van der Waals surface area contributed by atoms with Crippen molar-refractivity contribution in [1.82, 2.24) is 5.06 Å². The molecule has 21 heavy (non-hydrogen) atoms. The molecule has 1 aliphatic heterocycles. The number of aliphatic hydroxyl groups is 3. The molecule has 0 aromatic carbocycles. The number of nitrogens with zero attached hydrogens (tertiary/aromatic N) is 1. The molecule has 1 spiro atoms. The molecule has 1 amide bonds. The minimum Gasteiger partial charge on any atom is -0.387 e. The van der Waals surface area contributed by atoms with Crippen LogP contribution in [0.1, 0.15) is 13.8 Å². The maximum absolute atomic E-state index is 12.7. The molecule has 5 unspecified atom stereocenters. The summed E-state index contributed by atoms with van der Waals surface area (Å²) in [5.74, 6) is -2.28. The number of ketones is 1. The summed E-state index contributed by atoms with van der Waals surface area (Å²) in [7, 11) is 1.16. The number of aliphatic hydroxyl groups excluding tert-OH is 2. The van der Waals surface area contributed by atoms with E-state index >= 15 is 0 Å². The molecule has 1 fully saturated rings. The highest BCUT2D eigenvalue weighted by atomic mass is 16.7. The zero-order valence-electron chi connectivity index (χ0n) is 12.1. The molecule has 1 heterocycles. The molecule has 7 nitrogen and oxygen atoms in total.